The molecule has 7 nitrogen and oxygen atoms in total. The molecule has 0 fully saturated rings. The van der Waals surface area contributed by atoms with Crippen LogP contribution in [0, 0.1) is 0 Å². The van der Waals surface area contributed by atoms with Gasteiger partial charge in [0.2, 0.25) is 0 Å². The second-order valence-corrected chi connectivity index (χ2v) is 9.77. The van der Waals surface area contributed by atoms with E-state index in [-0.39, 0.29) is 0 Å². The molecule has 9 heteroatoms. The van der Waals surface area contributed by atoms with Gasteiger partial charge in [0.15, 0.2) is 0 Å². The Balaban J connectivity index is 2.11. The Labute approximate surface area is 174 Å². The van der Waals surface area contributed by atoms with Gasteiger partial charge in [-0.15, -0.1) is 0 Å². The second kappa shape index (κ2) is 13.9. The maximum Gasteiger partial charge on any atom is 0.764 e. The van der Waals surface area contributed by atoms with Crippen LogP contribution in [0.4, 0.5) is 0 Å². The second-order valence-electron chi connectivity index (χ2n) is 5.64. The molecule has 0 aliphatic carbocycles. The standard InChI is InChI=1S/C20H29O7PSi/c1-4-21-25-29(26-22-5-2,27-23-6-3)24-17-18-28(19-13-9-7-10-14-19)20-15-11-8-12-16-20/h7-16H,4-6,17-18H2,1-3H3. The lowest BCUT2D eigenvalue weighted by molar-refractivity contribution is -0.385. The fourth-order valence-corrected chi connectivity index (χ4v) is 6.08. The molecular weight excluding hydrogens is 411 g/mol. The summed E-state index contributed by atoms with van der Waals surface area (Å²) in [6.07, 6.45) is 0.735. The first-order chi connectivity index (χ1) is 14.2. The van der Waals surface area contributed by atoms with E-state index in [1.54, 1.807) is 20.8 Å². The van der Waals surface area contributed by atoms with Crippen molar-refractivity contribution in [3.8, 4) is 0 Å². The Bertz CT molecular complexity index is 601. The van der Waals surface area contributed by atoms with Crippen molar-refractivity contribution in [2.45, 2.75) is 20.8 Å². The third-order valence-corrected chi connectivity index (χ3v) is 7.56. The van der Waals surface area contributed by atoms with E-state index in [0.29, 0.717) is 26.4 Å². The van der Waals surface area contributed by atoms with Gasteiger partial charge in [0.05, 0.1) is 19.8 Å². The van der Waals surface area contributed by atoms with Crippen LogP contribution >= 0.6 is 7.92 Å². The quantitative estimate of drug-likeness (QED) is 0.182. The van der Waals surface area contributed by atoms with Crippen molar-refractivity contribution in [1.82, 2.24) is 0 Å². The van der Waals surface area contributed by atoms with Crippen LogP contribution in [0.15, 0.2) is 60.7 Å². The smallest absolute Gasteiger partial charge is 0.347 e. The van der Waals surface area contributed by atoms with Gasteiger partial charge < -0.3 is 4.43 Å². The fraction of sp³-hybridized carbons (Fsp3) is 0.400. The molecule has 2 aromatic carbocycles. The van der Waals surface area contributed by atoms with Gasteiger partial charge in [-0.3, -0.25) is 0 Å². The topological polar surface area (TPSA) is 64.6 Å². The molecule has 0 amide bonds. The molecule has 0 aliphatic rings. The molecule has 0 heterocycles. The van der Waals surface area contributed by atoms with E-state index in [1.165, 1.54) is 10.6 Å². The lowest BCUT2D eigenvalue weighted by atomic mass is 10.4. The lowest BCUT2D eigenvalue weighted by Crippen LogP contribution is -2.50. The minimum absolute atomic E-state index is 0.295. The summed E-state index contributed by atoms with van der Waals surface area (Å²) in [6.45, 7) is 6.55. The van der Waals surface area contributed by atoms with Gasteiger partial charge in [0, 0.05) is 6.61 Å². The van der Waals surface area contributed by atoms with Crippen LogP contribution in [0.1, 0.15) is 20.8 Å². The van der Waals surface area contributed by atoms with Crippen molar-refractivity contribution in [3.63, 3.8) is 0 Å². The third-order valence-electron chi connectivity index (χ3n) is 3.57. The van der Waals surface area contributed by atoms with Crippen LogP contribution in [0.2, 0.25) is 0 Å². The molecule has 0 spiro atoms. The van der Waals surface area contributed by atoms with Gasteiger partial charge in [0.25, 0.3) is 0 Å². The summed E-state index contributed by atoms with van der Waals surface area (Å²) in [7, 11) is -4.42. The molecule has 29 heavy (non-hydrogen) atoms. The molecule has 0 atom stereocenters. The summed E-state index contributed by atoms with van der Waals surface area (Å²) in [5.41, 5.74) is 0. The molecule has 0 aromatic heterocycles. The molecule has 0 radical (unpaired) electrons. The first-order valence-electron chi connectivity index (χ1n) is 9.68. The Hall–Kier alpha value is -1.19. The highest BCUT2D eigenvalue weighted by Gasteiger charge is 2.52. The van der Waals surface area contributed by atoms with E-state index in [0.717, 1.165) is 6.16 Å². The normalized spacial score (nSPS) is 11.9. The molecule has 2 rings (SSSR count). The molecule has 160 valence electrons. The summed E-state index contributed by atoms with van der Waals surface area (Å²) in [6, 6.07) is 20.7. The van der Waals surface area contributed by atoms with Gasteiger partial charge in [-0.05, 0) is 45.5 Å². The molecule has 0 saturated heterocycles. The lowest BCUT2D eigenvalue weighted by Gasteiger charge is -2.25. The highest BCUT2D eigenvalue weighted by Crippen LogP contribution is 2.33. The monoisotopic (exact) mass is 440 g/mol. The van der Waals surface area contributed by atoms with E-state index < -0.39 is 17.0 Å². The molecule has 0 saturated carbocycles. The highest BCUT2D eigenvalue weighted by molar-refractivity contribution is 7.73. The summed E-state index contributed by atoms with van der Waals surface area (Å²) >= 11 is 0. The summed E-state index contributed by atoms with van der Waals surface area (Å²) in [4.78, 5) is 15.2. The van der Waals surface area contributed by atoms with E-state index in [9.17, 15) is 0 Å². The number of hydrogen-bond donors (Lipinski definition) is 0. The maximum absolute atomic E-state index is 5.92. The zero-order valence-electron chi connectivity index (χ0n) is 17.1. The zero-order chi connectivity index (χ0) is 20.8. The van der Waals surface area contributed by atoms with Gasteiger partial charge in [-0.25, -0.2) is 14.7 Å². The minimum atomic E-state index is -3.78. The maximum atomic E-state index is 5.92. The van der Waals surface area contributed by atoms with Gasteiger partial charge >= 0.3 is 9.05 Å². The first kappa shape index (κ1) is 24.1. The first-order valence-corrected chi connectivity index (χ1v) is 12.8. The van der Waals surface area contributed by atoms with Crippen LogP contribution in [-0.2, 0) is 32.8 Å². The number of rotatable bonds is 15. The Kier molecular flexibility index (Phi) is 11.6. The van der Waals surface area contributed by atoms with Gasteiger partial charge in [0.1, 0.15) is 0 Å². The summed E-state index contributed by atoms with van der Waals surface area (Å²) in [5, 5.41) is 2.51. The molecule has 2 aromatic rings. The van der Waals surface area contributed by atoms with Crippen LogP contribution in [0.5, 0.6) is 0 Å². The zero-order valence-corrected chi connectivity index (χ0v) is 19.0. The van der Waals surface area contributed by atoms with Crippen molar-refractivity contribution in [3.05, 3.63) is 60.7 Å². The average Bonchev–Trinajstić information content (AvgIpc) is 2.78. The van der Waals surface area contributed by atoms with E-state index in [2.05, 4.69) is 24.3 Å². The largest absolute Gasteiger partial charge is 0.764 e. The van der Waals surface area contributed by atoms with Crippen molar-refractivity contribution in [2.24, 2.45) is 0 Å². The highest BCUT2D eigenvalue weighted by atomic mass is 31.1. The van der Waals surface area contributed by atoms with Crippen LogP contribution < -0.4 is 10.6 Å². The van der Waals surface area contributed by atoms with E-state index in [4.69, 9.17) is 32.8 Å². The average molecular weight is 441 g/mol. The summed E-state index contributed by atoms with van der Waals surface area (Å²) in [5.74, 6) is 0. The van der Waals surface area contributed by atoms with Gasteiger partial charge in [-0.1, -0.05) is 60.7 Å². The third kappa shape index (κ3) is 8.22. The molecule has 0 unspecified atom stereocenters. The van der Waals surface area contributed by atoms with Crippen molar-refractivity contribution < 1.29 is 32.8 Å². The molecule has 0 bridgehead atoms. The number of hydrogen-bond acceptors (Lipinski definition) is 7. The Morgan fingerprint density at radius 3 is 1.45 bits per heavy atom. The predicted octanol–water partition coefficient (Wildman–Crippen LogP) is 3.48. The van der Waals surface area contributed by atoms with E-state index in [1.807, 2.05) is 36.4 Å². The number of benzene rings is 2. The van der Waals surface area contributed by atoms with Crippen molar-refractivity contribution in [1.29, 1.82) is 0 Å². The van der Waals surface area contributed by atoms with Gasteiger partial charge in [-0.2, -0.15) is 13.7 Å². The van der Waals surface area contributed by atoms with Crippen molar-refractivity contribution in [2.75, 3.05) is 32.6 Å². The molecule has 0 N–H and O–H groups in total. The Morgan fingerprint density at radius 1 is 0.655 bits per heavy atom. The van der Waals surface area contributed by atoms with Crippen molar-refractivity contribution >= 4 is 27.6 Å². The Morgan fingerprint density at radius 2 is 1.07 bits per heavy atom. The van der Waals surface area contributed by atoms with Crippen LogP contribution in [0.25, 0.3) is 0 Å². The van der Waals surface area contributed by atoms with E-state index >= 15 is 0 Å². The molecule has 0 aliphatic heterocycles. The SMILES string of the molecule is CCOO[Si](OCCP(c1ccccc1)c1ccccc1)(OOCC)OOCC. The fourth-order valence-electron chi connectivity index (χ4n) is 2.39. The molecular formula is C20H29O7PSi. The predicted molar refractivity (Wildman–Crippen MR) is 114 cm³/mol. The van der Waals surface area contributed by atoms with Crippen LogP contribution in [0.3, 0.4) is 0 Å². The minimum Gasteiger partial charge on any atom is -0.347 e. The summed E-state index contributed by atoms with van der Waals surface area (Å²) < 4.78 is 21.8. The van der Waals surface area contributed by atoms with Crippen LogP contribution in [-0.4, -0.2) is 41.6 Å².